The third-order valence-electron chi connectivity index (χ3n) is 2.41. The minimum Gasteiger partial charge on any atom is -0.399 e. The van der Waals surface area contributed by atoms with Crippen LogP contribution in [0.2, 0.25) is 0 Å². The van der Waals surface area contributed by atoms with Crippen molar-refractivity contribution in [2.75, 3.05) is 7.11 Å². The van der Waals surface area contributed by atoms with Crippen LogP contribution in [0.3, 0.4) is 0 Å². The molecule has 1 unspecified atom stereocenters. The van der Waals surface area contributed by atoms with E-state index in [1.54, 1.807) is 0 Å². The van der Waals surface area contributed by atoms with Gasteiger partial charge in [0.2, 0.25) is 0 Å². The molecule has 0 radical (unpaired) electrons. The molecule has 1 aromatic carbocycles. The van der Waals surface area contributed by atoms with E-state index in [0.717, 1.165) is 11.1 Å². The zero-order valence-corrected chi connectivity index (χ0v) is 11.8. The minimum atomic E-state index is -0.0218. The quantitative estimate of drug-likeness (QED) is 0.474. The lowest BCUT2D eigenvalue weighted by atomic mass is 10.0. The van der Waals surface area contributed by atoms with E-state index in [4.69, 9.17) is 4.84 Å². The van der Waals surface area contributed by atoms with Crippen LogP contribution in [0.5, 0.6) is 0 Å². The molecule has 1 aromatic rings. The largest absolute Gasteiger partial charge is 0.399 e. The monoisotopic (exact) mass is 297 g/mol. The molecular formula is C13H16BrNO2. The molecule has 0 saturated heterocycles. The van der Waals surface area contributed by atoms with Gasteiger partial charge in [0.15, 0.2) is 11.5 Å². The normalized spacial score (nSPS) is 13.3. The zero-order valence-electron chi connectivity index (χ0n) is 10.2. The van der Waals surface area contributed by atoms with Crippen LogP contribution in [-0.2, 0) is 9.63 Å². The Morgan fingerprint density at radius 3 is 2.41 bits per heavy atom. The Morgan fingerprint density at radius 2 is 2.00 bits per heavy atom. The molecule has 0 saturated carbocycles. The van der Waals surface area contributed by atoms with Gasteiger partial charge in [-0.25, -0.2) is 0 Å². The van der Waals surface area contributed by atoms with Crippen molar-refractivity contribution in [3.05, 3.63) is 35.4 Å². The lowest BCUT2D eigenvalue weighted by Crippen LogP contribution is -2.14. The van der Waals surface area contributed by atoms with Crippen LogP contribution in [0.25, 0.3) is 0 Å². The molecule has 1 atom stereocenters. The number of Topliss-reactive ketones (excluding diaryl/α,β-unsaturated/α-hetero) is 1. The number of alkyl halides is 1. The van der Waals surface area contributed by atoms with Crippen LogP contribution in [0.4, 0.5) is 0 Å². The highest BCUT2D eigenvalue weighted by atomic mass is 79.9. The first kappa shape index (κ1) is 13.9. The second-order valence-corrected chi connectivity index (χ2v) is 5.01. The van der Waals surface area contributed by atoms with Crippen molar-refractivity contribution < 1.29 is 9.63 Å². The SMILES string of the molecule is CCC(=O)/C(=N\OC)c1ccc(C(C)Br)cc1. The summed E-state index contributed by atoms with van der Waals surface area (Å²) in [7, 11) is 1.44. The third-order valence-corrected chi connectivity index (χ3v) is 2.94. The number of ketones is 1. The van der Waals surface area contributed by atoms with Crippen LogP contribution in [0.15, 0.2) is 29.4 Å². The molecule has 92 valence electrons. The topological polar surface area (TPSA) is 38.7 Å². The molecule has 0 aromatic heterocycles. The fourth-order valence-corrected chi connectivity index (χ4v) is 1.73. The number of hydrogen-bond acceptors (Lipinski definition) is 3. The van der Waals surface area contributed by atoms with Crippen LogP contribution in [0.1, 0.15) is 36.2 Å². The molecule has 0 aliphatic carbocycles. The Bertz CT molecular complexity index is 410. The number of nitrogens with zero attached hydrogens (tertiary/aromatic N) is 1. The maximum Gasteiger partial charge on any atom is 0.184 e. The first-order chi connectivity index (χ1) is 8.10. The Balaban J connectivity index is 3.04. The van der Waals surface area contributed by atoms with E-state index >= 15 is 0 Å². The van der Waals surface area contributed by atoms with Crippen LogP contribution >= 0.6 is 15.9 Å². The van der Waals surface area contributed by atoms with Crippen LogP contribution in [0, 0.1) is 0 Å². The Hall–Kier alpha value is -1.16. The van der Waals surface area contributed by atoms with E-state index in [2.05, 4.69) is 28.0 Å². The zero-order chi connectivity index (χ0) is 12.8. The van der Waals surface area contributed by atoms with Crippen molar-refractivity contribution >= 4 is 27.4 Å². The molecule has 17 heavy (non-hydrogen) atoms. The average molecular weight is 298 g/mol. The van der Waals surface area contributed by atoms with E-state index in [9.17, 15) is 4.79 Å². The lowest BCUT2D eigenvalue weighted by molar-refractivity contribution is -0.112. The van der Waals surface area contributed by atoms with E-state index in [-0.39, 0.29) is 5.78 Å². The van der Waals surface area contributed by atoms with Crippen molar-refractivity contribution in [3.63, 3.8) is 0 Å². The van der Waals surface area contributed by atoms with Crippen molar-refractivity contribution in [3.8, 4) is 0 Å². The van der Waals surface area contributed by atoms with E-state index in [1.807, 2.05) is 31.2 Å². The predicted molar refractivity (Wildman–Crippen MR) is 72.6 cm³/mol. The lowest BCUT2D eigenvalue weighted by Gasteiger charge is -2.06. The van der Waals surface area contributed by atoms with Crippen LogP contribution in [-0.4, -0.2) is 18.6 Å². The first-order valence-corrected chi connectivity index (χ1v) is 6.40. The summed E-state index contributed by atoms with van der Waals surface area (Å²) in [5, 5.41) is 3.80. The fourth-order valence-electron chi connectivity index (χ4n) is 1.43. The second kappa shape index (κ2) is 6.55. The smallest absolute Gasteiger partial charge is 0.184 e. The minimum absolute atomic E-state index is 0.0218. The van der Waals surface area contributed by atoms with Gasteiger partial charge in [-0.05, 0) is 12.5 Å². The fraction of sp³-hybridized carbons (Fsp3) is 0.385. The maximum atomic E-state index is 11.7. The molecule has 0 N–H and O–H groups in total. The average Bonchev–Trinajstić information content (AvgIpc) is 2.35. The molecule has 0 aliphatic rings. The van der Waals surface area contributed by atoms with Gasteiger partial charge in [-0.1, -0.05) is 52.3 Å². The number of hydrogen-bond donors (Lipinski definition) is 0. The molecule has 0 bridgehead atoms. The van der Waals surface area contributed by atoms with Gasteiger partial charge in [0, 0.05) is 16.8 Å². The maximum absolute atomic E-state index is 11.7. The molecule has 4 heteroatoms. The first-order valence-electron chi connectivity index (χ1n) is 5.48. The number of carbonyl (C=O) groups is 1. The van der Waals surface area contributed by atoms with Gasteiger partial charge in [0.1, 0.15) is 7.11 Å². The number of oxime groups is 1. The summed E-state index contributed by atoms with van der Waals surface area (Å²) in [6, 6.07) is 7.72. The van der Waals surface area contributed by atoms with Crippen molar-refractivity contribution in [2.45, 2.75) is 25.1 Å². The molecule has 0 heterocycles. The van der Waals surface area contributed by atoms with Crippen molar-refractivity contribution in [2.24, 2.45) is 5.16 Å². The highest BCUT2D eigenvalue weighted by molar-refractivity contribution is 9.09. The van der Waals surface area contributed by atoms with Gasteiger partial charge in [-0.2, -0.15) is 0 Å². The second-order valence-electron chi connectivity index (χ2n) is 3.64. The third kappa shape index (κ3) is 3.66. The molecule has 0 spiro atoms. The summed E-state index contributed by atoms with van der Waals surface area (Å²) in [6.45, 7) is 3.86. The Kier molecular flexibility index (Phi) is 5.35. The van der Waals surface area contributed by atoms with Gasteiger partial charge in [0.25, 0.3) is 0 Å². The number of carbonyl (C=O) groups excluding carboxylic acids is 1. The highest BCUT2D eigenvalue weighted by Gasteiger charge is 2.13. The summed E-state index contributed by atoms with van der Waals surface area (Å²) >= 11 is 3.50. The molecule has 0 aliphatic heterocycles. The molecule has 3 nitrogen and oxygen atoms in total. The van der Waals surface area contributed by atoms with Gasteiger partial charge < -0.3 is 4.84 Å². The highest BCUT2D eigenvalue weighted by Crippen LogP contribution is 2.21. The standard InChI is InChI=1S/C13H16BrNO2/c1-4-12(16)13(15-17-3)11-7-5-10(6-8-11)9(2)14/h5-9H,4H2,1-3H3/b15-13-. The van der Waals surface area contributed by atoms with Crippen molar-refractivity contribution in [1.82, 2.24) is 0 Å². The summed E-state index contributed by atoms with van der Waals surface area (Å²) in [4.78, 5) is 16.7. The summed E-state index contributed by atoms with van der Waals surface area (Å²) in [5.41, 5.74) is 2.33. The van der Waals surface area contributed by atoms with E-state index < -0.39 is 0 Å². The molecule has 0 fully saturated rings. The van der Waals surface area contributed by atoms with Crippen molar-refractivity contribution in [1.29, 1.82) is 0 Å². The van der Waals surface area contributed by atoms with Gasteiger partial charge in [0.05, 0.1) is 0 Å². The molecule has 1 rings (SSSR count). The summed E-state index contributed by atoms with van der Waals surface area (Å²) < 4.78 is 0. The van der Waals surface area contributed by atoms with Crippen LogP contribution < -0.4 is 0 Å². The van der Waals surface area contributed by atoms with E-state index in [0.29, 0.717) is 17.0 Å². The summed E-state index contributed by atoms with van der Waals surface area (Å²) in [6.07, 6.45) is 0.415. The molecular weight excluding hydrogens is 282 g/mol. The Labute approximate surface area is 110 Å². The van der Waals surface area contributed by atoms with Gasteiger partial charge in [-0.15, -0.1) is 0 Å². The summed E-state index contributed by atoms with van der Waals surface area (Å²) in [5.74, 6) is -0.0218. The number of halogens is 1. The van der Waals surface area contributed by atoms with Gasteiger partial charge >= 0.3 is 0 Å². The number of benzene rings is 1. The van der Waals surface area contributed by atoms with E-state index in [1.165, 1.54) is 7.11 Å². The predicted octanol–water partition coefficient (Wildman–Crippen LogP) is 3.47. The van der Waals surface area contributed by atoms with Gasteiger partial charge in [-0.3, -0.25) is 4.79 Å². The molecule has 0 amide bonds. The Morgan fingerprint density at radius 1 is 1.41 bits per heavy atom. The number of rotatable bonds is 5.